The Hall–Kier alpha value is -1.64. The van der Waals surface area contributed by atoms with Gasteiger partial charge in [-0.3, -0.25) is 0 Å². The van der Waals surface area contributed by atoms with Crippen LogP contribution in [0.2, 0.25) is 0 Å². The van der Waals surface area contributed by atoms with Crippen molar-refractivity contribution in [1.29, 1.82) is 10.8 Å². The Kier molecular flexibility index (Phi) is 2.58. The second-order valence-electron chi connectivity index (χ2n) is 2.53. The summed E-state index contributed by atoms with van der Waals surface area (Å²) >= 11 is 0. The molecule has 0 unspecified atom stereocenters. The van der Waals surface area contributed by atoms with Gasteiger partial charge in [-0.1, -0.05) is 12.1 Å². The Bertz CT molecular complexity index is 268. The summed E-state index contributed by atoms with van der Waals surface area (Å²) in [5.74, 6) is -0.217. The van der Waals surface area contributed by atoms with Crippen molar-refractivity contribution in [3.63, 3.8) is 0 Å². The molecule has 0 aliphatic heterocycles. The number of nitrogen functional groups attached to an aromatic ring is 1. The Morgan fingerprint density at radius 3 is 2.00 bits per heavy atom. The van der Waals surface area contributed by atoms with Crippen molar-refractivity contribution in [2.75, 3.05) is 5.73 Å². The molecular formula is C9H11N3. The van der Waals surface area contributed by atoms with Crippen LogP contribution < -0.4 is 5.73 Å². The molecule has 0 saturated carbocycles. The average Bonchev–Trinajstić information content (AvgIpc) is 2.10. The van der Waals surface area contributed by atoms with E-state index in [9.17, 15) is 0 Å². The summed E-state index contributed by atoms with van der Waals surface area (Å²) in [4.78, 5) is 0. The lowest BCUT2D eigenvalue weighted by Crippen LogP contribution is -2.00. The molecule has 1 rings (SSSR count). The van der Waals surface area contributed by atoms with Crippen LogP contribution in [0, 0.1) is 10.8 Å². The third-order valence-electron chi connectivity index (χ3n) is 1.68. The van der Waals surface area contributed by atoms with Gasteiger partial charge >= 0.3 is 0 Å². The highest BCUT2D eigenvalue weighted by Crippen LogP contribution is 2.13. The van der Waals surface area contributed by atoms with Crippen LogP contribution in [0.5, 0.6) is 0 Å². The number of anilines is 1. The van der Waals surface area contributed by atoms with E-state index in [2.05, 4.69) is 0 Å². The standard InChI is InChI=1S/C9H11N3/c10-5-8(6-11)7-1-3-9(12)4-2-7/h1-6,8,10-11H,12H2. The Labute approximate surface area is 71.2 Å². The van der Waals surface area contributed by atoms with Gasteiger partial charge in [0, 0.05) is 18.1 Å². The Morgan fingerprint density at radius 1 is 1.08 bits per heavy atom. The molecule has 0 aromatic heterocycles. The summed E-state index contributed by atoms with van der Waals surface area (Å²) < 4.78 is 0. The molecule has 12 heavy (non-hydrogen) atoms. The highest BCUT2D eigenvalue weighted by atomic mass is 14.5. The van der Waals surface area contributed by atoms with Gasteiger partial charge in [0.1, 0.15) is 0 Å². The molecule has 0 heterocycles. The minimum absolute atomic E-state index is 0.217. The number of hydrogen-bond donors (Lipinski definition) is 3. The van der Waals surface area contributed by atoms with Gasteiger partial charge in [0.15, 0.2) is 0 Å². The van der Waals surface area contributed by atoms with Gasteiger partial charge in [0.25, 0.3) is 0 Å². The minimum Gasteiger partial charge on any atom is -0.399 e. The van der Waals surface area contributed by atoms with Gasteiger partial charge < -0.3 is 16.6 Å². The van der Waals surface area contributed by atoms with Gasteiger partial charge in [-0.25, -0.2) is 0 Å². The zero-order chi connectivity index (χ0) is 8.97. The van der Waals surface area contributed by atoms with E-state index in [-0.39, 0.29) is 5.92 Å². The predicted octanol–water partition coefficient (Wildman–Crippen LogP) is 1.65. The summed E-state index contributed by atoms with van der Waals surface area (Å²) in [5.41, 5.74) is 7.12. The SMILES string of the molecule is N=CC(C=N)c1ccc(N)cc1. The molecule has 3 nitrogen and oxygen atoms in total. The molecule has 1 aromatic carbocycles. The molecule has 0 bridgehead atoms. The minimum atomic E-state index is -0.217. The predicted molar refractivity (Wildman–Crippen MR) is 51.2 cm³/mol. The lowest BCUT2D eigenvalue weighted by molar-refractivity contribution is 1.22. The zero-order valence-electron chi connectivity index (χ0n) is 6.62. The van der Waals surface area contributed by atoms with Gasteiger partial charge in [0.2, 0.25) is 0 Å². The lowest BCUT2D eigenvalue weighted by atomic mass is 10.0. The van der Waals surface area contributed by atoms with Crippen LogP contribution in [-0.2, 0) is 0 Å². The fraction of sp³-hybridized carbons (Fsp3) is 0.111. The fourth-order valence-corrected chi connectivity index (χ4v) is 0.959. The average molecular weight is 161 g/mol. The molecule has 4 N–H and O–H groups in total. The number of benzene rings is 1. The van der Waals surface area contributed by atoms with E-state index in [1.54, 1.807) is 12.1 Å². The maximum absolute atomic E-state index is 7.04. The zero-order valence-corrected chi connectivity index (χ0v) is 6.62. The summed E-state index contributed by atoms with van der Waals surface area (Å²) in [5, 5.41) is 14.1. The van der Waals surface area contributed by atoms with Gasteiger partial charge in [-0.15, -0.1) is 0 Å². The summed E-state index contributed by atoms with van der Waals surface area (Å²) in [6.45, 7) is 0. The molecule has 0 aliphatic carbocycles. The molecule has 0 radical (unpaired) electrons. The van der Waals surface area contributed by atoms with Crippen molar-refractivity contribution in [2.24, 2.45) is 0 Å². The first-order valence-electron chi connectivity index (χ1n) is 3.64. The lowest BCUT2D eigenvalue weighted by Gasteiger charge is -2.04. The van der Waals surface area contributed by atoms with Crippen LogP contribution in [0.3, 0.4) is 0 Å². The van der Waals surface area contributed by atoms with Crippen molar-refractivity contribution >= 4 is 18.1 Å². The number of rotatable bonds is 3. The number of nitrogens with two attached hydrogens (primary N) is 1. The van der Waals surface area contributed by atoms with Crippen LogP contribution in [0.4, 0.5) is 5.69 Å². The molecule has 0 spiro atoms. The first kappa shape index (κ1) is 8.46. The molecule has 0 fully saturated rings. The second-order valence-corrected chi connectivity index (χ2v) is 2.53. The second kappa shape index (κ2) is 3.67. The van der Waals surface area contributed by atoms with E-state index in [1.165, 1.54) is 12.4 Å². The van der Waals surface area contributed by atoms with E-state index >= 15 is 0 Å². The van der Waals surface area contributed by atoms with Gasteiger partial charge in [0.05, 0.1) is 5.92 Å². The van der Waals surface area contributed by atoms with E-state index in [0.717, 1.165) is 5.56 Å². The maximum atomic E-state index is 7.04. The smallest absolute Gasteiger partial charge is 0.0532 e. The molecular weight excluding hydrogens is 150 g/mol. The van der Waals surface area contributed by atoms with Crippen molar-refractivity contribution in [3.05, 3.63) is 29.8 Å². The van der Waals surface area contributed by atoms with Crippen molar-refractivity contribution < 1.29 is 0 Å². The van der Waals surface area contributed by atoms with Crippen molar-refractivity contribution in [2.45, 2.75) is 5.92 Å². The molecule has 62 valence electrons. The van der Waals surface area contributed by atoms with E-state index in [1.807, 2.05) is 12.1 Å². The summed E-state index contributed by atoms with van der Waals surface area (Å²) in [6, 6.07) is 7.21. The Morgan fingerprint density at radius 2 is 1.58 bits per heavy atom. The first-order valence-corrected chi connectivity index (χ1v) is 3.64. The topological polar surface area (TPSA) is 73.7 Å². The number of nitrogens with one attached hydrogen (secondary N) is 2. The molecule has 0 atom stereocenters. The first-order chi connectivity index (χ1) is 5.77. The molecule has 1 aromatic rings. The summed E-state index contributed by atoms with van der Waals surface area (Å²) in [7, 11) is 0. The van der Waals surface area contributed by atoms with Crippen LogP contribution in [0.1, 0.15) is 11.5 Å². The van der Waals surface area contributed by atoms with E-state index in [4.69, 9.17) is 16.6 Å². The number of hydrogen-bond acceptors (Lipinski definition) is 3. The maximum Gasteiger partial charge on any atom is 0.0532 e. The fourth-order valence-electron chi connectivity index (χ4n) is 0.959. The molecule has 0 amide bonds. The highest BCUT2D eigenvalue weighted by Gasteiger charge is 2.02. The Balaban J connectivity index is 2.94. The monoisotopic (exact) mass is 161 g/mol. The van der Waals surface area contributed by atoms with Gasteiger partial charge in [-0.05, 0) is 17.7 Å². The van der Waals surface area contributed by atoms with Crippen LogP contribution in [0.25, 0.3) is 0 Å². The van der Waals surface area contributed by atoms with Crippen molar-refractivity contribution in [3.8, 4) is 0 Å². The third kappa shape index (κ3) is 1.69. The largest absolute Gasteiger partial charge is 0.399 e. The third-order valence-corrected chi connectivity index (χ3v) is 1.68. The quantitative estimate of drug-likeness (QED) is 0.457. The molecule has 0 aliphatic rings. The van der Waals surface area contributed by atoms with Crippen LogP contribution in [0.15, 0.2) is 24.3 Å². The molecule has 3 heteroatoms. The van der Waals surface area contributed by atoms with E-state index < -0.39 is 0 Å². The summed E-state index contributed by atoms with van der Waals surface area (Å²) in [6.07, 6.45) is 2.47. The van der Waals surface area contributed by atoms with Crippen molar-refractivity contribution in [1.82, 2.24) is 0 Å². The van der Waals surface area contributed by atoms with E-state index in [0.29, 0.717) is 5.69 Å². The molecule has 0 saturated heterocycles. The normalized spacial score (nSPS) is 12.0. The van der Waals surface area contributed by atoms with Crippen LogP contribution in [-0.4, -0.2) is 12.4 Å². The highest BCUT2D eigenvalue weighted by molar-refractivity contribution is 5.87. The van der Waals surface area contributed by atoms with Crippen LogP contribution >= 0.6 is 0 Å². The van der Waals surface area contributed by atoms with Gasteiger partial charge in [-0.2, -0.15) is 0 Å².